The Bertz CT molecular complexity index is 592. The lowest BCUT2D eigenvalue weighted by Gasteiger charge is -2.28. The van der Waals surface area contributed by atoms with Crippen LogP contribution < -0.4 is 10.2 Å². The molecule has 1 heterocycles. The first-order valence-electron chi connectivity index (χ1n) is 7.87. The van der Waals surface area contributed by atoms with Crippen LogP contribution in [-0.4, -0.2) is 24.1 Å². The number of aromatic nitrogens is 1. The van der Waals surface area contributed by atoms with E-state index in [4.69, 9.17) is 4.98 Å². The highest BCUT2D eigenvalue weighted by molar-refractivity contribution is 5.92. The number of para-hydroxylation sites is 1. The maximum atomic E-state index is 4.79. The summed E-state index contributed by atoms with van der Waals surface area (Å²) in [5, 5.41) is 4.68. The summed E-state index contributed by atoms with van der Waals surface area (Å²) < 4.78 is 0. The molecular weight excluding hydrogens is 258 g/mol. The Labute approximate surface area is 128 Å². The maximum absolute atomic E-state index is 4.79. The average Bonchev–Trinajstić information content (AvgIpc) is 2.50. The number of hydrogen-bond donors (Lipinski definition) is 1. The molecule has 3 nitrogen and oxygen atoms in total. The van der Waals surface area contributed by atoms with Crippen molar-refractivity contribution in [2.24, 2.45) is 0 Å². The van der Waals surface area contributed by atoms with E-state index >= 15 is 0 Å². The Kier molecular flexibility index (Phi) is 5.18. The van der Waals surface area contributed by atoms with Gasteiger partial charge < -0.3 is 10.2 Å². The molecule has 2 rings (SSSR count). The summed E-state index contributed by atoms with van der Waals surface area (Å²) in [6.45, 7) is 9.62. The first kappa shape index (κ1) is 15.8. The van der Waals surface area contributed by atoms with E-state index < -0.39 is 0 Å². The minimum atomic E-state index is 0.467. The van der Waals surface area contributed by atoms with E-state index in [1.165, 1.54) is 11.1 Å². The number of benzene rings is 1. The van der Waals surface area contributed by atoms with Gasteiger partial charge in [-0.3, -0.25) is 4.98 Å². The second-order valence-electron chi connectivity index (χ2n) is 6.05. The Hall–Kier alpha value is -1.61. The lowest BCUT2D eigenvalue weighted by Crippen LogP contribution is -2.29. The standard InChI is InChI=1S/C18H27N3/c1-6-14(4)21(5)18-11-15(12-19-13(2)3)20-17-10-8-7-9-16(17)18/h7-11,13-14,19H,6,12H2,1-5H3. The van der Waals surface area contributed by atoms with E-state index in [9.17, 15) is 0 Å². The molecule has 1 aromatic carbocycles. The highest BCUT2D eigenvalue weighted by Gasteiger charge is 2.13. The fourth-order valence-corrected chi connectivity index (χ4v) is 2.41. The SMILES string of the molecule is CCC(C)N(C)c1cc(CNC(C)C)nc2ccccc12. The minimum Gasteiger partial charge on any atom is -0.371 e. The lowest BCUT2D eigenvalue weighted by molar-refractivity contribution is 0.582. The van der Waals surface area contributed by atoms with Gasteiger partial charge in [0.15, 0.2) is 0 Å². The zero-order valence-electron chi connectivity index (χ0n) is 13.9. The number of rotatable bonds is 6. The van der Waals surface area contributed by atoms with Crippen LogP contribution in [0.3, 0.4) is 0 Å². The van der Waals surface area contributed by atoms with Crippen LogP contribution >= 0.6 is 0 Å². The monoisotopic (exact) mass is 285 g/mol. The topological polar surface area (TPSA) is 28.2 Å². The summed E-state index contributed by atoms with van der Waals surface area (Å²) in [6, 6.07) is 11.6. The molecule has 3 heteroatoms. The van der Waals surface area contributed by atoms with Gasteiger partial charge in [0, 0.05) is 36.7 Å². The van der Waals surface area contributed by atoms with E-state index in [1.54, 1.807) is 0 Å². The first-order chi connectivity index (χ1) is 10.0. The molecule has 0 amide bonds. The Balaban J connectivity index is 2.45. The van der Waals surface area contributed by atoms with Gasteiger partial charge >= 0.3 is 0 Å². The van der Waals surface area contributed by atoms with Crippen molar-refractivity contribution >= 4 is 16.6 Å². The van der Waals surface area contributed by atoms with Crippen LogP contribution in [0.4, 0.5) is 5.69 Å². The predicted octanol–water partition coefficient (Wildman–Crippen LogP) is 3.97. The normalized spacial score (nSPS) is 12.9. The molecule has 1 atom stereocenters. The van der Waals surface area contributed by atoms with Crippen molar-refractivity contribution in [3.63, 3.8) is 0 Å². The van der Waals surface area contributed by atoms with Gasteiger partial charge in [0.25, 0.3) is 0 Å². The van der Waals surface area contributed by atoms with Crippen molar-refractivity contribution in [1.82, 2.24) is 10.3 Å². The smallest absolute Gasteiger partial charge is 0.0726 e. The summed E-state index contributed by atoms with van der Waals surface area (Å²) >= 11 is 0. The number of nitrogens with zero attached hydrogens (tertiary/aromatic N) is 2. The number of hydrogen-bond acceptors (Lipinski definition) is 3. The third-order valence-electron chi connectivity index (χ3n) is 4.07. The van der Waals surface area contributed by atoms with E-state index in [-0.39, 0.29) is 0 Å². The molecule has 0 saturated heterocycles. The molecular formula is C18H27N3. The number of nitrogens with one attached hydrogen (secondary N) is 1. The summed E-state index contributed by atoms with van der Waals surface area (Å²) in [4.78, 5) is 7.15. The highest BCUT2D eigenvalue weighted by atomic mass is 15.1. The maximum Gasteiger partial charge on any atom is 0.0726 e. The van der Waals surface area contributed by atoms with Crippen molar-refractivity contribution in [3.05, 3.63) is 36.0 Å². The summed E-state index contributed by atoms with van der Waals surface area (Å²) in [5.41, 5.74) is 3.45. The van der Waals surface area contributed by atoms with Gasteiger partial charge in [-0.25, -0.2) is 0 Å². The zero-order chi connectivity index (χ0) is 15.4. The number of anilines is 1. The molecule has 1 unspecified atom stereocenters. The van der Waals surface area contributed by atoms with Crippen LogP contribution in [0.1, 0.15) is 39.8 Å². The molecule has 0 bridgehead atoms. The van der Waals surface area contributed by atoms with Crippen molar-refractivity contribution in [2.75, 3.05) is 11.9 Å². The van der Waals surface area contributed by atoms with Gasteiger partial charge in [-0.15, -0.1) is 0 Å². The Morgan fingerprint density at radius 1 is 1.19 bits per heavy atom. The summed E-state index contributed by atoms with van der Waals surface area (Å²) in [7, 11) is 2.18. The van der Waals surface area contributed by atoms with Gasteiger partial charge in [-0.2, -0.15) is 0 Å². The quantitative estimate of drug-likeness (QED) is 0.870. The largest absolute Gasteiger partial charge is 0.371 e. The number of pyridine rings is 1. The average molecular weight is 285 g/mol. The molecule has 0 aliphatic heterocycles. The molecule has 0 aliphatic rings. The molecule has 0 aliphatic carbocycles. The minimum absolute atomic E-state index is 0.467. The van der Waals surface area contributed by atoms with Crippen LogP contribution in [0.15, 0.2) is 30.3 Å². The highest BCUT2D eigenvalue weighted by Crippen LogP contribution is 2.27. The predicted molar refractivity (Wildman–Crippen MR) is 91.9 cm³/mol. The van der Waals surface area contributed by atoms with Gasteiger partial charge in [-0.1, -0.05) is 39.0 Å². The van der Waals surface area contributed by atoms with E-state index in [0.29, 0.717) is 12.1 Å². The van der Waals surface area contributed by atoms with Crippen LogP contribution in [0, 0.1) is 0 Å². The molecule has 2 aromatic rings. The van der Waals surface area contributed by atoms with Crippen molar-refractivity contribution in [2.45, 2.75) is 52.7 Å². The molecule has 0 fully saturated rings. The second kappa shape index (κ2) is 6.90. The zero-order valence-corrected chi connectivity index (χ0v) is 13.9. The van der Waals surface area contributed by atoms with Crippen LogP contribution in [0.2, 0.25) is 0 Å². The van der Waals surface area contributed by atoms with Crippen LogP contribution in [0.25, 0.3) is 10.9 Å². The lowest BCUT2D eigenvalue weighted by atomic mass is 10.1. The van der Waals surface area contributed by atoms with E-state index in [0.717, 1.165) is 24.2 Å². The van der Waals surface area contributed by atoms with Crippen molar-refractivity contribution in [1.29, 1.82) is 0 Å². The Morgan fingerprint density at radius 2 is 1.90 bits per heavy atom. The first-order valence-corrected chi connectivity index (χ1v) is 7.87. The van der Waals surface area contributed by atoms with Gasteiger partial charge in [0.1, 0.15) is 0 Å². The summed E-state index contributed by atoms with van der Waals surface area (Å²) in [5.74, 6) is 0. The van der Waals surface area contributed by atoms with Crippen LogP contribution in [0.5, 0.6) is 0 Å². The van der Waals surface area contributed by atoms with Crippen molar-refractivity contribution in [3.8, 4) is 0 Å². The molecule has 0 saturated carbocycles. The van der Waals surface area contributed by atoms with E-state index in [1.807, 2.05) is 0 Å². The van der Waals surface area contributed by atoms with E-state index in [2.05, 4.69) is 75.3 Å². The fourth-order valence-electron chi connectivity index (χ4n) is 2.41. The third-order valence-corrected chi connectivity index (χ3v) is 4.07. The van der Waals surface area contributed by atoms with Gasteiger partial charge in [0.05, 0.1) is 11.2 Å². The third kappa shape index (κ3) is 3.73. The molecule has 21 heavy (non-hydrogen) atoms. The van der Waals surface area contributed by atoms with Gasteiger partial charge in [-0.05, 0) is 25.5 Å². The Morgan fingerprint density at radius 3 is 2.57 bits per heavy atom. The molecule has 1 aromatic heterocycles. The molecule has 0 radical (unpaired) electrons. The van der Waals surface area contributed by atoms with Crippen LogP contribution in [-0.2, 0) is 6.54 Å². The summed E-state index contributed by atoms with van der Waals surface area (Å²) in [6.07, 6.45) is 1.13. The number of fused-ring (bicyclic) bond motifs is 1. The van der Waals surface area contributed by atoms with Crippen molar-refractivity contribution < 1.29 is 0 Å². The molecule has 0 spiro atoms. The molecule has 114 valence electrons. The molecule has 1 N–H and O–H groups in total. The van der Waals surface area contributed by atoms with Gasteiger partial charge in [0.2, 0.25) is 0 Å². The second-order valence-corrected chi connectivity index (χ2v) is 6.05. The fraction of sp³-hybridized carbons (Fsp3) is 0.500.